The largest absolute Gasteiger partial charge is 0.481 e. The number of nitrogens with zero attached hydrogens (tertiary/aromatic N) is 5. The van der Waals surface area contributed by atoms with E-state index in [1.165, 1.54) is 0 Å². The number of anilines is 1. The number of pyridine rings is 2. The highest BCUT2D eigenvalue weighted by Crippen LogP contribution is 2.47. The van der Waals surface area contributed by atoms with Gasteiger partial charge in [-0.05, 0) is 63.3 Å². The highest BCUT2D eigenvalue weighted by Gasteiger charge is 2.26. The first kappa shape index (κ1) is 31.1. The molecular formula is C30H36N5O6P. The standard InChI is InChI=1S/C30H36N5O6P/c1-7-40-42(37,38)41-21(2)35-20-27(23-13-14-31-28(18-23)39-6)26-17-24(19-32-30(26)35)22-10-8-11-25(16-22)34(5)29(36)12-9-15-33(3)4/h8-14,16-21H,7,15H2,1-6H3,(H,37,38). The molecule has 4 aromatic rings. The third-order valence-electron chi connectivity index (χ3n) is 6.52. The maximum Gasteiger partial charge on any atom is 0.474 e. The minimum atomic E-state index is -4.28. The zero-order valence-corrected chi connectivity index (χ0v) is 25.5. The van der Waals surface area contributed by atoms with Gasteiger partial charge >= 0.3 is 7.82 Å². The molecule has 0 radical (unpaired) electrons. The Kier molecular flexibility index (Phi) is 9.93. The number of carbonyl (C=O) groups excluding carboxylic acids is 1. The van der Waals surface area contributed by atoms with Crippen molar-refractivity contribution in [3.05, 3.63) is 73.2 Å². The molecule has 2 unspecified atom stereocenters. The van der Waals surface area contributed by atoms with E-state index >= 15 is 0 Å². The maximum absolute atomic E-state index is 12.7. The Balaban J connectivity index is 1.77. The first-order chi connectivity index (χ1) is 20.0. The lowest BCUT2D eigenvalue weighted by Crippen LogP contribution is -2.24. The SMILES string of the molecule is CCOP(=O)(O)OC(C)n1cc(-c2ccnc(OC)c2)c2cc(-c3cccc(N(C)C(=O)C=CCN(C)C)c3)cnc21. The number of ether oxygens (including phenoxy) is 1. The number of phosphoric acid groups is 1. The number of likely N-dealkylation sites (N-methyl/N-ethyl adjacent to an activating group) is 2. The van der Waals surface area contributed by atoms with Crippen molar-refractivity contribution >= 4 is 30.5 Å². The smallest absolute Gasteiger partial charge is 0.474 e. The second-order valence-corrected chi connectivity index (χ2v) is 11.2. The molecule has 2 atom stereocenters. The normalized spacial score (nSPS) is 13.9. The van der Waals surface area contributed by atoms with Gasteiger partial charge in [0.1, 0.15) is 11.9 Å². The van der Waals surface area contributed by atoms with E-state index in [2.05, 4.69) is 4.98 Å². The molecule has 0 saturated heterocycles. The average Bonchev–Trinajstić information content (AvgIpc) is 3.35. The Morgan fingerprint density at radius 1 is 1.12 bits per heavy atom. The van der Waals surface area contributed by atoms with Crippen molar-refractivity contribution < 1.29 is 28.0 Å². The number of benzene rings is 1. The van der Waals surface area contributed by atoms with Gasteiger partial charge in [0, 0.05) is 66.5 Å². The van der Waals surface area contributed by atoms with Crippen LogP contribution in [-0.4, -0.2) is 71.6 Å². The molecule has 0 aliphatic heterocycles. The van der Waals surface area contributed by atoms with E-state index in [-0.39, 0.29) is 12.5 Å². The molecule has 12 heteroatoms. The number of carbonyl (C=O) groups is 1. The Labute approximate surface area is 245 Å². The molecule has 1 N–H and O–H groups in total. The molecule has 222 valence electrons. The van der Waals surface area contributed by atoms with Crippen LogP contribution >= 0.6 is 7.82 Å². The maximum atomic E-state index is 12.7. The minimum absolute atomic E-state index is 0.0306. The van der Waals surface area contributed by atoms with Crippen LogP contribution in [0.25, 0.3) is 33.3 Å². The predicted molar refractivity (Wildman–Crippen MR) is 163 cm³/mol. The van der Waals surface area contributed by atoms with Crippen LogP contribution in [0.5, 0.6) is 5.88 Å². The predicted octanol–water partition coefficient (Wildman–Crippen LogP) is 5.53. The van der Waals surface area contributed by atoms with Gasteiger partial charge < -0.3 is 24.0 Å². The van der Waals surface area contributed by atoms with E-state index in [4.69, 9.17) is 18.8 Å². The van der Waals surface area contributed by atoms with Gasteiger partial charge in [-0.3, -0.25) is 13.8 Å². The fraction of sp³-hybridized carbons (Fsp3) is 0.300. The second kappa shape index (κ2) is 13.4. The topological polar surface area (TPSA) is 119 Å². The molecule has 0 spiro atoms. The summed E-state index contributed by atoms with van der Waals surface area (Å²) in [6.07, 6.45) is 7.72. The highest BCUT2D eigenvalue weighted by molar-refractivity contribution is 7.47. The van der Waals surface area contributed by atoms with E-state index in [1.54, 1.807) is 62.0 Å². The van der Waals surface area contributed by atoms with Crippen LogP contribution < -0.4 is 9.64 Å². The van der Waals surface area contributed by atoms with Crippen LogP contribution in [0, 0.1) is 0 Å². The summed E-state index contributed by atoms with van der Waals surface area (Å²) in [5.41, 5.74) is 4.59. The summed E-state index contributed by atoms with van der Waals surface area (Å²) < 4.78 is 29.7. The zero-order valence-electron chi connectivity index (χ0n) is 24.6. The van der Waals surface area contributed by atoms with E-state index in [0.29, 0.717) is 18.1 Å². The van der Waals surface area contributed by atoms with Gasteiger partial charge in [0.05, 0.1) is 13.7 Å². The number of phosphoric ester groups is 1. The van der Waals surface area contributed by atoms with Gasteiger partial charge in [0.15, 0.2) is 0 Å². The molecule has 0 aliphatic rings. The van der Waals surface area contributed by atoms with Crippen LogP contribution in [0.4, 0.5) is 5.69 Å². The summed E-state index contributed by atoms with van der Waals surface area (Å²) in [6.45, 7) is 3.96. The first-order valence-corrected chi connectivity index (χ1v) is 14.9. The van der Waals surface area contributed by atoms with E-state index < -0.39 is 14.1 Å². The van der Waals surface area contributed by atoms with Crippen molar-refractivity contribution in [3.63, 3.8) is 0 Å². The molecule has 4 rings (SSSR count). The van der Waals surface area contributed by atoms with Crippen molar-refractivity contribution in [2.45, 2.75) is 20.1 Å². The molecular weight excluding hydrogens is 557 g/mol. The Bertz CT molecular complexity index is 1640. The van der Waals surface area contributed by atoms with Gasteiger partial charge in [-0.2, -0.15) is 0 Å². The Morgan fingerprint density at radius 3 is 2.62 bits per heavy atom. The van der Waals surface area contributed by atoms with Crippen molar-refractivity contribution in [2.24, 2.45) is 0 Å². The third-order valence-corrected chi connectivity index (χ3v) is 7.68. The van der Waals surface area contributed by atoms with E-state index in [0.717, 1.165) is 33.3 Å². The molecule has 0 fully saturated rings. The van der Waals surface area contributed by atoms with Crippen LogP contribution in [0.15, 0.2) is 73.2 Å². The number of rotatable bonds is 12. The number of methoxy groups -OCH3 is 1. The van der Waals surface area contributed by atoms with Gasteiger partial charge in [-0.25, -0.2) is 14.5 Å². The molecule has 3 aromatic heterocycles. The van der Waals surface area contributed by atoms with Crippen molar-refractivity contribution in [2.75, 3.05) is 46.3 Å². The van der Waals surface area contributed by atoms with Crippen molar-refractivity contribution in [1.82, 2.24) is 19.4 Å². The van der Waals surface area contributed by atoms with Gasteiger partial charge in [0.25, 0.3) is 0 Å². The Hall–Kier alpha value is -3.86. The average molecular weight is 594 g/mol. The molecule has 1 aromatic carbocycles. The molecule has 42 heavy (non-hydrogen) atoms. The summed E-state index contributed by atoms with van der Waals surface area (Å²) in [4.78, 5) is 35.4. The minimum Gasteiger partial charge on any atom is -0.481 e. The van der Waals surface area contributed by atoms with E-state index in [1.807, 2.05) is 67.7 Å². The number of aromatic nitrogens is 3. The number of hydrogen-bond acceptors (Lipinski definition) is 8. The first-order valence-electron chi connectivity index (χ1n) is 13.4. The molecule has 0 aliphatic carbocycles. The molecule has 0 bridgehead atoms. The fourth-order valence-electron chi connectivity index (χ4n) is 4.42. The molecule has 1 amide bonds. The molecule has 3 heterocycles. The van der Waals surface area contributed by atoms with Gasteiger partial charge in [-0.1, -0.05) is 18.2 Å². The number of amides is 1. The quantitative estimate of drug-likeness (QED) is 0.167. The lowest BCUT2D eigenvalue weighted by Gasteiger charge is -2.19. The highest BCUT2D eigenvalue weighted by atomic mass is 31.2. The lowest BCUT2D eigenvalue weighted by atomic mass is 10.0. The Morgan fingerprint density at radius 2 is 1.90 bits per heavy atom. The van der Waals surface area contributed by atoms with Gasteiger partial charge in [0.2, 0.25) is 11.8 Å². The zero-order chi connectivity index (χ0) is 30.4. The van der Waals surface area contributed by atoms with Gasteiger partial charge in [-0.15, -0.1) is 0 Å². The number of hydrogen-bond donors (Lipinski definition) is 1. The van der Waals surface area contributed by atoms with Crippen LogP contribution in [0.1, 0.15) is 20.1 Å². The summed E-state index contributed by atoms with van der Waals surface area (Å²) in [7, 11) is 2.89. The fourth-order valence-corrected chi connectivity index (χ4v) is 5.29. The lowest BCUT2D eigenvalue weighted by molar-refractivity contribution is -0.113. The van der Waals surface area contributed by atoms with Crippen LogP contribution in [0.3, 0.4) is 0 Å². The van der Waals surface area contributed by atoms with E-state index in [9.17, 15) is 14.3 Å². The van der Waals surface area contributed by atoms with Crippen molar-refractivity contribution in [3.8, 4) is 28.1 Å². The van der Waals surface area contributed by atoms with Crippen LogP contribution in [0.2, 0.25) is 0 Å². The second-order valence-electron chi connectivity index (χ2n) is 9.84. The summed E-state index contributed by atoms with van der Waals surface area (Å²) in [6, 6.07) is 13.3. The molecule has 11 nitrogen and oxygen atoms in total. The van der Waals surface area contributed by atoms with Crippen molar-refractivity contribution in [1.29, 1.82) is 0 Å². The number of fused-ring (bicyclic) bond motifs is 1. The summed E-state index contributed by atoms with van der Waals surface area (Å²) in [5, 5.41) is 0.779. The monoisotopic (exact) mass is 593 g/mol. The molecule has 0 saturated carbocycles. The summed E-state index contributed by atoms with van der Waals surface area (Å²) >= 11 is 0. The third kappa shape index (κ3) is 7.31. The van der Waals surface area contributed by atoms with Crippen LogP contribution in [-0.2, 0) is 18.4 Å². The summed E-state index contributed by atoms with van der Waals surface area (Å²) in [5.74, 6) is 0.314.